The van der Waals surface area contributed by atoms with Gasteiger partial charge in [-0.2, -0.15) is 0 Å². The van der Waals surface area contributed by atoms with Gasteiger partial charge >= 0.3 is 5.97 Å². The van der Waals surface area contributed by atoms with Gasteiger partial charge in [-0.05, 0) is 32.9 Å². The number of para-hydroxylation sites is 1. The van der Waals surface area contributed by atoms with Crippen molar-refractivity contribution in [3.05, 3.63) is 29.8 Å². The van der Waals surface area contributed by atoms with Crippen LogP contribution in [-0.4, -0.2) is 30.7 Å². The van der Waals surface area contributed by atoms with Crippen LogP contribution in [-0.2, 0) is 4.84 Å². The lowest BCUT2D eigenvalue weighted by atomic mass is 10.2. The Morgan fingerprint density at radius 1 is 1.17 bits per heavy atom. The molecule has 0 amide bonds. The highest BCUT2D eigenvalue weighted by atomic mass is 35.5. The van der Waals surface area contributed by atoms with Crippen molar-refractivity contribution < 1.29 is 14.4 Å². The van der Waals surface area contributed by atoms with Gasteiger partial charge < -0.3 is 9.57 Å². The second-order valence-electron chi connectivity index (χ2n) is 3.42. The molecule has 0 spiro atoms. The van der Waals surface area contributed by atoms with Gasteiger partial charge in [0.2, 0.25) is 0 Å². The van der Waals surface area contributed by atoms with Crippen LogP contribution in [0, 0.1) is 0 Å². The molecule has 0 bridgehead atoms. The third-order valence-electron chi connectivity index (χ3n) is 2.32. The number of carbonyl (C=O) groups is 1. The minimum atomic E-state index is -0.377. The van der Waals surface area contributed by atoms with Crippen molar-refractivity contribution in [1.82, 2.24) is 5.06 Å². The van der Waals surface area contributed by atoms with E-state index in [-0.39, 0.29) is 18.4 Å². The maximum absolute atomic E-state index is 11.9. The van der Waals surface area contributed by atoms with Crippen molar-refractivity contribution in [3.63, 3.8) is 0 Å². The van der Waals surface area contributed by atoms with Gasteiger partial charge in [-0.1, -0.05) is 12.1 Å². The van der Waals surface area contributed by atoms with Crippen LogP contribution in [0.2, 0.25) is 0 Å². The predicted octanol–water partition coefficient (Wildman–Crippen LogP) is 2.92. The van der Waals surface area contributed by atoms with Gasteiger partial charge in [0, 0.05) is 13.1 Å². The monoisotopic (exact) mass is 273 g/mol. The molecule has 0 fully saturated rings. The van der Waals surface area contributed by atoms with E-state index in [0.717, 1.165) is 0 Å². The molecule has 0 aliphatic heterocycles. The second kappa shape index (κ2) is 8.78. The van der Waals surface area contributed by atoms with Crippen LogP contribution in [0.25, 0.3) is 0 Å². The van der Waals surface area contributed by atoms with Crippen LogP contribution in [0.1, 0.15) is 31.1 Å². The van der Waals surface area contributed by atoms with Gasteiger partial charge in [-0.3, -0.25) is 0 Å². The Balaban J connectivity index is 0.00000289. The van der Waals surface area contributed by atoms with Crippen molar-refractivity contribution in [2.75, 3.05) is 19.7 Å². The first-order valence-corrected chi connectivity index (χ1v) is 5.91. The largest absolute Gasteiger partial charge is 0.493 e. The van der Waals surface area contributed by atoms with E-state index >= 15 is 0 Å². The Hall–Kier alpha value is -1.26. The topological polar surface area (TPSA) is 38.8 Å². The van der Waals surface area contributed by atoms with E-state index in [1.165, 1.54) is 0 Å². The van der Waals surface area contributed by atoms with Gasteiger partial charge in [0.25, 0.3) is 0 Å². The standard InChI is InChI=1S/C13H19NO3.ClH/c1-4-14(5-2)17-13(15)11-9-7-8-10-12(11)16-6-3;/h7-10H,4-6H2,1-3H3;1H. The third-order valence-corrected chi connectivity index (χ3v) is 2.32. The van der Waals surface area contributed by atoms with Gasteiger partial charge in [-0.25, -0.2) is 4.79 Å². The summed E-state index contributed by atoms with van der Waals surface area (Å²) in [5.41, 5.74) is 0.459. The van der Waals surface area contributed by atoms with Crippen LogP contribution in [0.5, 0.6) is 5.75 Å². The highest BCUT2D eigenvalue weighted by molar-refractivity contribution is 5.92. The first-order chi connectivity index (χ1) is 8.22. The van der Waals surface area contributed by atoms with Crippen molar-refractivity contribution in [1.29, 1.82) is 0 Å². The summed E-state index contributed by atoms with van der Waals surface area (Å²) in [6, 6.07) is 7.10. The summed E-state index contributed by atoms with van der Waals surface area (Å²) in [6.07, 6.45) is 0. The first-order valence-electron chi connectivity index (χ1n) is 5.91. The molecule has 4 nitrogen and oxygen atoms in total. The lowest BCUT2D eigenvalue weighted by Gasteiger charge is -2.18. The zero-order valence-electron chi connectivity index (χ0n) is 11.0. The van der Waals surface area contributed by atoms with E-state index in [9.17, 15) is 4.79 Å². The fraction of sp³-hybridized carbons (Fsp3) is 0.462. The molecular formula is C13H20ClNO3. The normalized spacial score (nSPS) is 9.78. The molecule has 0 saturated carbocycles. The van der Waals surface area contributed by atoms with Crippen LogP contribution in [0.4, 0.5) is 0 Å². The molecule has 1 aromatic rings. The Morgan fingerprint density at radius 2 is 1.78 bits per heavy atom. The molecule has 18 heavy (non-hydrogen) atoms. The van der Waals surface area contributed by atoms with Crippen molar-refractivity contribution in [2.45, 2.75) is 20.8 Å². The number of hydroxylamine groups is 2. The van der Waals surface area contributed by atoms with E-state index in [0.29, 0.717) is 31.0 Å². The summed E-state index contributed by atoms with van der Waals surface area (Å²) in [5, 5.41) is 1.60. The Labute approximate surface area is 114 Å². The first kappa shape index (κ1) is 16.7. The van der Waals surface area contributed by atoms with Crippen molar-refractivity contribution >= 4 is 18.4 Å². The van der Waals surface area contributed by atoms with Gasteiger partial charge in [-0.15, -0.1) is 17.5 Å². The van der Waals surface area contributed by atoms with Crippen LogP contribution < -0.4 is 4.74 Å². The average Bonchev–Trinajstić information content (AvgIpc) is 2.36. The van der Waals surface area contributed by atoms with Crippen LogP contribution in [0.3, 0.4) is 0 Å². The summed E-state index contributed by atoms with van der Waals surface area (Å²) in [7, 11) is 0. The van der Waals surface area contributed by atoms with Gasteiger partial charge in [0.15, 0.2) is 0 Å². The SMILES string of the molecule is CCOc1ccccc1C(=O)ON(CC)CC.Cl. The number of rotatable bonds is 6. The fourth-order valence-electron chi connectivity index (χ4n) is 1.44. The zero-order valence-corrected chi connectivity index (χ0v) is 11.8. The summed E-state index contributed by atoms with van der Waals surface area (Å²) in [4.78, 5) is 17.2. The second-order valence-corrected chi connectivity index (χ2v) is 3.42. The molecule has 5 heteroatoms. The van der Waals surface area contributed by atoms with Gasteiger partial charge in [0.05, 0.1) is 6.61 Å². The lowest BCUT2D eigenvalue weighted by molar-refractivity contribution is -0.103. The quantitative estimate of drug-likeness (QED) is 0.747. The number of hydrogen-bond donors (Lipinski definition) is 0. The molecule has 0 aliphatic carbocycles. The lowest BCUT2D eigenvalue weighted by Crippen LogP contribution is -2.27. The minimum Gasteiger partial charge on any atom is -0.493 e. The van der Waals surface area contributed by atoms with Gasteiger partial charge in [0.1, 0.15) is 11.3 Å². The van der Waals surface area contributed by atoms with E-state index in [4.69, 9.17) is 9.57 Å². The number of carbonyl (C=O) groups excluding carboxylic acids is 1. The molecule has 0 saturated heterocycles. The minimum absolute atomic E-state index is 0. The molecule has 0 atom stereocenters. The molecular weight excluding hydrogens is 254 g/mol. The summed E-state index contributed by atoms with van der Waals surface area (Å²) in [6.45, 7) is 7.61. The smallest absolute Gasteiger partial charge is 0.360 e. The number of nitrogens with zero attached hydrogens (tertiary/aromatic N) is 1. The predicted molar refractivity (Wildman–Crippen MR) is 73.2 cm³/mol. The molecule has 0 aliphatic rings. The highest BCUT2D eigenvalue weighted by Gasteiger charge is 2.15. The van der Waals surface area contributed by atoms with E-state index < -0.39 is 0 Å². The number of benzene rings is 1. The van der Waals surface area contributed by atoms with Crippen molar-refractivity contribution in [2.24, 2.45) is 0 Å². The maximum atomic E-state index is 11.9. The van der Waals surface area contributed by atoms with Crippen molar-refractivity contribution in [3.8, 4) is 5.75 Å². The van der Waals surface area contributed by atoms with E-state index in [1.807, 2.05) is 26.8 Å². The fourth-order valence-corrected chi connectivity index (χ4v) is 1.44. The Morgan fingerprint density at radius 3 is 2.33 bits per heavy atom. The molecule has 102 valence electrons. The Kier molecular flexibility index (Phi) is 8.16. The van der Waals surface area contributed by atoms with E-state index in [2.05, 4.69) is 0 Å². The Bertz CT molecular complexity index is 367. The average molecular weight is 274 g/mol. The molecule has 1 rings (SSSR count). The third kappa shape index (κ3) is 4.55. The summed E-state index contributed by atoms with van der Waals surface area (Å²) >= 11 is 0. The molecule has 0 heterocycles. The van der Waals surface area contributed by atoms with Crippen LogP contribution >= 0.6 is 12.4 Å². The summed E-state index contributed by atoms with van der Waals surface area (Å²) in [5.74, 6) is 0.185. The molecule has 0 radical (unpaired) electrons. The van der Waals surface area contributed by atoms with E-state index in [1.54, 1.807) is 23.3 Å². The zero-order chi connectivity index (χ0) is 12.7. The molecule has 1 aromatic carbocycles. The molecule has 0 N–H and O–H groups in total. The molecule has 0 unspecified atom stereocenters. The number of hydrogen-bond acceptors (Lipinski definition) is 4. The highest BCUT2D eigenvalue weighted by Crippen LogP contribution is 2.19. The number of halogens is 1. The maximum Gasteiger partial charge on any atom is 0.360 e. The number of ether oxygens (including phenoxy) is 1. The summed E-state index contributed by atoms with van der Waals surface area (Å²) < 4.78 is 5.39. The molecule has 0 aromatic heterocycles. The van der Waals surface area contributed by atoms with Crippen LogP contribution in [0.15, 0.2) is 24.3 Å².